The molecule has 0 aliphatic heterocycles. The molecule has 0 aliphatic carbocycles. The summed E-state index contributed by atoms with van der Waals surface area (Å²) < 4.78 is 6.94. The summed E-state index contributed by atoms with van der Waals surface area (Å²) in [7, 11) is 1.61. The van der Waals surface area contributed by atoms with Crippen LogP contribution in [0.5, 0.6) is 0 Å². The highest BCUT2D eigenvalue weighted by molar-refractivity contribution is 9.10. The molecule has 0 aromatic carbocycles. The Labute approximate surface area is 135 Å². The first kappa shape index (κ1) is 18.2. The van der Waals surface area contributed by atoms with Crippen molar-refractivity contribution in [3.8, 4) is 0 Å². The zero-order valence-electron chi connectivity index (χ0n) is 13.2. The lowest BCUT2D eigenvalue weighted by atomic mass is 10.1. The zero-order chi connectivity index (χ0) is 15.7. The summed E-state index contributed by atoms with van der Waals surface area (Å²) in [5, 5.41) is 7.65. The van der Waals surface area contributed by atoms with Crippen molar-refractivity contribution >= 4 is 21.6 Å². The molecular formula is C15H26BrN3O2. The molecule has 0 saturated carbocycles. The Hall–Kier alpha value is -0.880. The van der Waals surface area contributed by atoms with Gasteiger partial charge in [-0.05, 0) is 28.8 Å². The number of anilines is 1. The van der Waals surface area contributed by atoms with Gasteiger partial charge in [-0.1, -0.05) is 33.1 Å². The molecular weight excluding hydrogens is 334 g/mol. The monoisotopic (exact) mass is 359 g/mol. The van der Waals surface area contributed by atoms with Crippen LogP contribution in [-0.4, -0.2) is 29.5 Å². The van der Waals surface area contributed by atoms with Crippen molar-refractivity contribution in [2.24, 2.45) is 0 Å². The van der Waals surface area contributed by atoms with Crippen LogP contribution in [0.15, 0.2) is 15.5 Å². The summed E-state index contributed by atoms with van der Waals surface area (Å²) in [5.74, 6) is 0. The van der Waals surface area contributed by atoms with Gasteiger partial charge in [0.1, 0.15) is 4.47 Å². The molecule has 1 atom stereocenters. The van der Waals surface area contributed by atoms with E-state index in [1.165, 1.54) is 17.5 Å². The Kier molecular flexibility index (Phi) is 8.61. The van der Waals surface area contributed by atoms with E-state index in [4.69, 9.17) is 4.74 Å². The fourth-order valence-electron chi connectivity index (χ4n) is 2.21. The smallest absolute Gasteiger partial charge is 0.283 e. The molecule has 21 heavy (non-hydrogen) atoms. The molecule has 0 spiro atoms. The van der Waals surface area contributed by atoms with E-state index in [1.54, 1.807) is 13.3 Å². The summed E-state index contributed by atoms with van der Waals surface area (Å²) >= 11 is 3.39. The van der Waals surface area contributed by atoms with Crippen LogP contribution in [0.25, 0.3) is 0 Å². The van der Waals surface area contributed by atoms with E-state index in [-0.39, 0.29) is 5.56 Å². The number of unbranched alkanes of at least 4 members (excludes halogenated alkanes) is 1. The Morgan fingerprint density at radius 2 is 2.14 bits per heavy atom. The highest BCUT2D eigenvalue weighted by Crippen LogP contribution is 2.20. The average Bonchev–Trinajstić information content (AvgIpc) is 2.49. The highest BCUT2D eigenvalue weighted by Gasteiger charge is 2.13. The largest absolute Gasteiger partial charge is 0.383 e. The van der Waals surface area contributed by atoms with Crippen LogP contribution < -0.4 is 10.9 Å². The molecule has 1 aromatic rings. The highest BCUT2D eigenvalue weighted by atomic mass is 79.9. The number of halogens is 1. The van der Waals surface area contributed by atoms with Gasteiger partial charge in [0.15, 0.2) is 0 Å². The van der Waals surface area contributed by atoms with E-state index in [1.807, 2.05) is 0 Å². The van der Waals surface area contributed by atoms with Crippen LogP contribution in [0, 0.1) is 0 Å². The van der Waals surface area contributed by atoms with Crippen LogP contribution in [0.2, 0.25) is 0 Å². The van der Waals surface area contributed by atoms with Crippen LogP contribution in [0.1, 0.15) is 46.0 Å². The van der Waals surface area contributed by atoms with Crippen LogP contribution in [0.3, 0.4) is 0 Å². The molecule has 6 heteroatoms. The van der Waals surface area contributed by atoms with Crippen LogP contribution in [0.4, 0.5) is 5.69 Å². The summed E-state index contributed by atoms with van der Waals surface area (Å²) in [6.45, 7) is 5.30. The van der Waals surface area contributed by atoms with Crippen molar-refractivity contribution in [3.63, 3.8) is 0 Å². The maximum atomic E-state index is 12.2. The third-order valence-corrected chi connectivity index (χ3v) is 4.16. The number of nitrogens with one attached hydrogen (secondary N) is 1. The minimum atomic E-state index is -0.122. The van der Waals surface area contributed by atoms with Crippen LogP contribution in [-0.2, 0) is 11.3 Å². The quantitative estimate of drug-likeness (QED) is 0.695. The first-order valence-corrected chi connectivity index (χ1v) is 8.44. The van der Waals surface area contributed by atoms with Crippen molar-refractivity contribution in [1.82, 2.24) is 9.78 Å². The van der Waals surface area contributed by atoms with E-state index in [2.05, 4.69) is 40.2 Å². The molecule has 5 nitrogen and oxygen atoms in total. The second-order valence-corrected chi connectivity index (χ2v) is 5.96. The number of hydrogen-bond donors (Lipinski definition) is 1. The first-order chi connectivity index (χ1) is 10.1. The zero-order valence-corrected chi connectivity index (χ0v) is 14.8. The van der Waals surface area contributed by atoms with Gasteiger partial charge in [-0.15, -0.1) is 0 Å². The summed E-state index contributed by atoms with van der Waals surface area (Å²) in [5.41, 5.74) is 0.658. The molecule has 1 heterocycles. The van der Waals surface area contributed by atoms with Crippen molar-refractivity contribution in [2.45, 2.75) is 58.5 Å². The number of aromatic nitrogens is 2. The van der Waals surface area contributed by atoms with E-state index >= 15 is 0 Å². The van der Waals surface area contributed by atoms with Gasteiger partial charge in [-0.3, -0.25) is 4.79 Å². The minimum absolute atomic E-state index is 0.122. The standard InChI is InChI=1S/C15H26BrN3O2/c1-4-6-8-12(7-5-2)18-13-11-17-19(9-10-21-3)15(20)14(13)16/h11-12,18H,4-10H2,1-3H3. The Balaban J connectivity index is 2.82. The minimum Gasteiger partial charge on any atom is -0.383 e. The number of nitrogens with zero attached hydrogens (tertiary/aromatic N) is 2. The molecule has 0 saturated heterocycles. The summed E-state index contributed by atoms with van der Waals surface area (Å²) in [6.07, 6.45) is 7.42. The normalized spacial score (nSPS) is 12.4. The van der Waals surface area contributed by atoms with Gasteiger partial charge >= 0.3 is 0 Å². The second kappa shape index (κ2) is 9.95. The third-order valence-electron chi connectivity index (χ3n) is 3.40. The first-order valence-electron chi connectivity index (χ1n) is 7.65. The fraction of sp³-hybridized carbons (Fsp3) is 0.733. The molecule has 0 aliphatic rings. The van der Waals surface area contributed by atoms with Crippen molar-refractivity contribution < 1.29 is 4.74 Å². The molecule has 0 amide bonds. The topological polar surface area (TPSA) is 56.1 Å². The predicted molar refractivity (Wildman–Crippen MR) is 89.9 cm³/mol. The Bertz CT molecular complexity index is 476. The number of ether oxygens (including phenoxy) is 1. The average molecular weight is 360 g/mol. The number of rotatable bonds is 10. The van der Waals surface area contributed by atoms with E-state index < -0.39 is 0 Å². The predicted octanol–water partition coefficient (Wildman–Crippen LogP) is 3.42. The van der Waals surface area contributed by atoms with E-state index in [9.17, 15) is 4.79 Å². The maximum absolute atomic E-state index is 12.2. The summed E-state index contributed by atoms with van der Waals surface area (Å²) in [6, 6.07) is 0.391. The van der Waals surface area contributed by atoms with Gasteiger partial charge in [0.2, 0.25) is 0 Å². The van der Waals surface area contributed by atoms with Gasteiger partial charge in [0.05, 0.1) is 25.0 Å². The molecule has 1 unspecified atom stereocenters. The molecule has 1 rings (SSSR count). The fourth-order valence-corrected chi connectivity index (χ4v) is 2.63. The lowest BCUT2D eigenvalue weighted by molar-refractivity contribution is 0.181. The third kappa shape index (κ3) is 5.79. The lowest BCUT2D eigenvalue weighted by Gasteiger charge is -2.20. The second-order valence-electron chi connectivity index (χ2n) is 5.17. The molecule has 1 aromatic heterocycles. The number of hydrogen-bond acceptors (Lipinski definition) is 4. The summed E-state index contributed by atoms with van der Waals surface area (Å²) in [4.78, 5) is 12.2. The van der Waals surface area contributed by atoms with Gasteiger partial charge in [-0.2, -0.15) is 5.10 Å². The van der Waals surface area contributed by atoms with Gasteiger partial charge < -0.3 is 10.1 Å². The lowest BCUT2D eigenvalue weighted by Crippen LogP contribution is -2.28. The molecule has 1 N–H and O–H groups in total. The van der Waals surface area contributed by atoms with Crippen LogP contribution >= 0.6 is 15.9 Å². The molecule has 0 fully saturated rings. The number of methoxy groups -OCH3 is 1. The van der Waals surface area contributed by atoms with E-state index in [0.29, 0.717) is 23.7 Å². The van der Waals surface area contributed by atoms with Crippen molar-refractivity contribution in [1.29, 1.82) is 0 Å². The molecule has 0 bridgehead atoms. The Morgan fingerprint density at radius 3 is 2.76 bits per heavy atom. The SMILES string of the molecule is CCCCC(CCC)Nc1cnn(CCOC)c(=O)c1Br. The van der Waals surface area contributed by atoms with Gasteiger partial charge in [0, 0.05) is 13.2 Å². The van der Waals surface area contributed by atoms with Gasteiger partial charge in [-0.25, -0.2) is 4.68 Å². The maximum Gasteiger partial charge on any atom is 0.283 e. The van der Waals surface area contributed by atoms with Crippen molar-refractivity contribution in [2.75, 3.05) is 19.0 Å². The van der Waals surface area contributed by atoms with Crippen molar-refractivity contribution in [3.05, 3.63) is 21.0 Å². The molecule has 0 radical (unpaired) electrons. The molecule has 120 valence electrons. The Morgan fingerprint density at radius 1 is 1.38 bits per heavy atom. The van der Waals surface area contributed by atoms with E-state index in [0.717, 1.165) is 24.9 Å². The van der Waals surface area contributed by atoms with Gasteiger partial charge in [0.25, 0.3) is 5.56 Å².